The summed E-state index contributed by atoms with van der Waals surface area (Å²) in [5, 5.41) is 11.7. The summed E-state index contributed by atoms with van der Waals surface area (Å²) in [6.45, 7) is 0. The molecule has 1 aromatic heterocycles. The van der Waals surface area contributed by atoms with Crippen LogP contribution < -0.4 is 5.32 Å². The molecule has 1 heterocycles. The van der Waals surface area contributed by atoms with E-state index in [1.54, 1.807) is 25.2 Å². The Morgan fingerprint density at radius 3 is 2.74 bits per heavy atom. The molecule has 0 aliphatic carbocycles. The normalized spacial score (nSPS) is 10.3. The van der Waals surface area contributed by atoms with E-state index in [0.717, 1.165) is 0 Å². The van der Waals surface area contributed by atoms with E-state index in [2.05, 4.69) is 15.3 Å². The first kappa shape index (κ1) is 14.6. The molecule has 0 fully saturated rings. The number of aromatic nitrogens is 2. The Morgan fingerprint density at radius 2 is 2.04 bits per heavy atom. The summed E-state index contributed by atoms with van der Waals surface area (Å²) in [6, 6.07) is 10.9. The Morgan fingerprint density at radius 1 is 1.22 bits per heavy atom. The van der Waals surface area contributed by atoms with Crippen molar-refractivity contribution in [3.05, 3.63) is 65.2 Å². The SMILES string of the molecule is CNc1ccc(C(=O)c2ccc3ncc(C#N)nc3c2)c(F)c1. The highest BCUT2D eigenvalue weighted by atomic mass is 19.1. The highest BCUT2D eigenvalue weighted by molar-refractivity contribution is 6.10. The van der Waals surface area contributed by atoms with Crippen LogP contribution in [0.2, 0.25) is 0 Å². The Bertz CT molecular complexity index is 962. The number of hydrogen-bond donors (Lipinski definition) is 1. The van der Waals surface area contributed by atoms with Gasteiger partial charge in [-0.2, -0.15) is 5.26 Å². The third-order valence-corrected chi connectivity index (χ3v) is 3.42. The maximum absolute atomic E-state index is 14.1. The minimum atomic E-state index is -0.598. The molecule has 0 saturated heterocycles. The molecule has 6 heteroatoms. The standard InChI is InChI=1S/C17H11FN4O/c1-20-11-3-4-13(14(18)7-11)17(23)10-2-5-15-16(6-10)22-12(8-19)9-21-15/h2-7,9,20H,1H3. The van der Waals surface area contributed by atoms with Crippen LogP contribution in [0.4, 0.5) is 10.1 Å². The van der Waals surface area contributed by atoms with Crippen LogP contribution in [-0.4, -0.2) is 22.8 Å². The molecule has 23 heavy (non-hydrogen) atoms. The summed E-state index contributed by atoms with van der Waals surface area (Å²) in [6.07, 6.45) is 1.36. The lowest BCUT2D eigenvalue weighted by Gasteiger charge is -2.06. The maximum Gasteiger partial charge on any atom is 0.196 e. The van der Waals surface area contributed by atoms with E-state index in [4.69, 9.17) is 5.26 Å². The first-order valence-corrected chi connectivity index (χ1v) is 6.81. The second kappa shape index (κ2) is 5.81. The molecule has 2 aromatic carbocycles. The van der Waals surface area contributed by atoms with Gasteiger partial charge in [0, 0.05) is 18.3 Å². The van der Waals surface area contributed by atoms with Crippen molar-refractivity contribution in [3.63, 3.8) is 0 Å². The van der Waals surface area contributed by atoms with E-state index in [9.17, 15) is 9.18 Å². The number of nitrogens with zero attached hydrogens (tertiary/aromatic N) is 3. The van der Waals surface area contributed by atoms with Crippen LogP contribution in [0.25, 0.3) is 11.0 Å². The number of fused-ring (bicyclic) bond motifs is 1. The molecule has 0 spiro atoms. The molecule has 0 radical (unpaired) electrons. The van der Waals surface area contributed by atoms with Crippen LogP contribution in [0.3, 0.4) is 0 Å². The summed E-state index contributed by atoms with van der Waals surface area (Å²) in [5.74, 6) is -1.05. The Balaban J connectivity index is 2.05. The van der Waals surface area contributed by atoms with Gasteiger partial charge in [0.2, 0.25) is 0 Å². The summed E-state index contributed by atoms with van der Waals surface area (Å²) in [4.78, 5) is 20.7. The molecule has 0 aliphatic heterocycles. The predicted molar refractivity (Wildman–Crippen MR) is 83.6 cm³/mol. The van der Waals surface area contributed by atoms with E-state index in [-0.39, 0.29) is 16.8 Å². The van der Waals surface area contributed by atoms with Crippen molar-refractivity contribution in [3.8, 4) is 6.07 Å². The lowest BCUT2D eigenvalue weighted by molar-refractivity contribution is 0.103. The highest BCUT2D eigenvalue weighted by Gasteiger charge is 2.15. The largest absolute Gasteiger partial charge is 0.388 e. The number of hydrogen-bond acceptors (Lipinski definition) is 5. The van der Waals surface area contributed by atoms with Crippen molar-refractivity contribution in [1.29, 1.82) is 5.26 Å². The summed E-state index contributed by atoms with van der Waals surface area (Å²) >= 11 is 0. The zero-order valence-corrected chi connectivity index (χ0v) is 12.2. The quantitative estimate of drug-likeness (QED) is 0.753. The van der Waals surface area contributed by atoms with E-state index in [1.807, 2.05) is 6.07 Å². The van der Waals surface area contributed by atoms with Gasteiger partial charge in [-0.05, 0) is 36.4 Å². The van der Waals surface area contributed by atoms with Crippen molar-refractivity contribution in [2.45, 2.75) is 0 Å². The summed E-state index contributed by atoms with van der Waals surface area (Å²) in [7, 11) is 1.67. The molecule has 5 nitrogen and oxygen atoms in total. The lowest BCUT2D eigenvalue weighted by atomic mass is 10.0. The van der Waals surface area contributed by atoms with Gasteiger partial charge in [0.05, 0.1) is 22.8 Å². The molecule has 0 atom stereocenters. The topological polar surface area (TPSA) is 78.7 Å². The number of carbonyl (C=O) groups is 1. The fourth-order valence-corrected chi connectivity index (χ4v) is 2.22. The number of anilines is 1. The number of rotatable bonds is 3. The zero-order valence-electron chi connectivity index (χ0n) is 12.2. The zero-order chi connectivity index (χ0) is 16.4. The third kappa shape index (κ3) is 2.72. The molecule has 3 aromatic rings. The molecule has 0 saturated carbocycles. The molecule has 0 aliphatic rings. The smallest absolute Gasteiger partial charge is 0.196 e. The van der Waals surface area contributed by atoms with Crippen molar-refractivity contribution in [2.75, 3.05) is 12.4 Å². The van der Waals surface area contributed by atoms with Gasteiger partial charge in [-0.25, -0.2) is 9.37 Å². The minimum absolute atomic E-state index is 0.0206. The highest BCUT2D eigenvalue weighted by Crippen LogP contribution is 2.20. The third-order valence-electron chi connectivity index (χ3n) is 3.42. The van der Waals surface area contributed by atoms with Crippen LogP contribution in [0.15, 0.2) is 42.6 Å². The molecule has 1 N–H and O–H groups in total. The van der Waals surface area contributed by atoms with Crippen LogP contribution in [-0.2, 0) is 0 Å². The van der Waals surface area contributed by atoms with Crippen molar-refractivity contribution in [1.82, 2.24) is 9.97 Å². The Hall–Kier alpha value is -3.33. The van der Waals surface area contributed by atoms with Gasteiger partial charge in [0.25, 0.3) is 0 Å². The average molecular weight is 306 g/mol. The molecule has 0 unspecified atom stereocenters. The summed E-state index contributed by atoms with van der Waals surface area (Å²) < 4.78 is 14.1. The molecule has 112 valence electrons. The van der Waals surface area contributed by atoms with E-state index in [0.29, 0.717) is 16.7 Å². The number of nitriles is 1. The van der Waals surface area contributed by atoms with Crippen molar-refractivity contribution in [2.24, 2.45) is 0 Å². The minimum Gasteiger partial charge on any atom is -0.388 e. The number of nitrogens with one attached hydrogen (secondary N) is 1. The number of halogens is 1. The fourth-order valence-electron chi connectivity index (χ4n) is 2.22. The lowest BCUT2D eigenvalue weighted by Crippen LogP contribution is -2.05. The van der Waals surface area contributed by atoms with Gasteiger partial charge >= 0.3 is 0 Å². The molecular weight excluding hydrogens is 295 g/mol. The van der Waals surface area contributed by atoms with Crippen molar-refractivity contribution < 1.29 is 9.18 Å². The fraction of sp³-hybridized carbons (Fsp3) is 0.0588. The number of benzene rings is 2. The Kier molecular flexibility index (Phi) is 3.69. The van der Waals surface area contributed by atoms with E-state index < -0.39 is 11.6 Å². The van der Waals surface area contributed by atoms with Crippen LogP contribution in [0.5, 0.6) is 0 Å². The van der Waals surface area contributed by atoms with Gasteiger partial charge in [-0.15, -0.1) is 0 Å². The van der Waals surface area contributed by atoms with Gasteiger partial charge in [0.15, 0.2) is 11.5 Å². The van der Waals surface area contributed by atoms with Gasteiger partial charge in [-0.1, -0.05) is 0 Å². The predicted octanol–water partition coefficient (Wildman–Crippen LogP) is 2.91. The monoisotopic (exact) mass is 306 g/mol. The van der Waals surface area contributed by atoms with E-state index >= 15 is 0 Å². The first-order chi connectivity index (χ1) is 11.1. The maximum atomic E-state index is 14.1. The molecular formula is C17H11FN4O. The van der Waals surface area contributed by atoms with Crippen molar-refractivity contribution >= 4 is 22.5 Å². The van der Waals surface area contributed by atoms with Gasteiger partial charge in [0.1, 0.15) is 11.9 Å². The summed E-state index contributed by atoms with van der Waals surface area (Å²) in [5.41, 5.74) is 1.99. The average Bonchev–Trinajstić information content (AvgIpc) is 2.60. The Labute approximate surface area is 131 Å². The van der Waals surface area contributed by atoms with Crippen LogP contribution in [0.1, 0.15) is 21.6 Å². The second-order valence-electron chi connectivity index (χ2n) is 4.84. The van der Waals surface area contributed by atoms with E-state index in [1.165, 1.54) is 24.4 Å². The number of carbonyl (C=O) groups excluding carboxylic acids is 1. The second-order valence-corrected chi connectivity index (χ2v) is 4.84. The molecule has 3 rings (SSSR count). The molecule has 0 bridgehead atoms. The number of ketones is 1. The van der Waals surface area contributed by atoms with Gasteiger partial charge < -0.3 is 5.32 Å². The first-order valence-electron chi connectivity index (χ1n) is 6.81. The van der Waals surface area contributed by atoms with Crippen LogP contribution >= 0.6 is 0 Å². The van der Waals surface area contributed by atoms with Crippen LogP contribution in [0, 0.1) is 17.1 Å². The van der Waals surface area contributed by atoms with Gasteiger partial charge in [-0.3, -0.25) is 9.78 Å². The molecule has 0 amide bonds.